The summed E-state index contributed by atoms with van der Waals surface area (Å²) in [5, 5.41) is 32.4. The number of benzene rings is 2. The number of aliphatic hydroxyl groups excluding tert-OH is 1. The molecule has 0 unspecified atom stereocenters. The molecule has 212 valence electrons. The first kappa shape index (κ1) is 29.1. The summed E-state index contributed by atoms with van der Waals surface area (Å²) >= 11 is 0. The van der Waals surface area contributed by atoms with E-state index >= 15 is 0 Å². The number of hydrogen-bond acceptors (Lipinski definition) is 9. The fraction of sp³-hybridized carbons (Fsp3) is 0.267. The van der Waals surface area contributed by atoms with Crippen LogP contribution in [0.1, 0.15) is 28.9 Å². The van der Waals surface area contributed by atoms with Crippen LogP contribution in [0.2, 0.25) is 0 Å². The van der Waals surface area contributed by atoms with Gasteiger partial charge < -0.3 is 25.2 Å². The average Bonchev–Trinajstić information content (AvgIpc) is 3.01. The number of nitrogens with one attached hydrogen (secondary N) is 2. The van der Waals surface area contributed by atoms with Gasteiger partial charge in [-0.3, -0.25) is 0 Å². The molecule has 0 bridgehead atoms. The van der Waals surface area contributed by atoms with E-state index in [1.54, 1.807) is 24.3 Å². The van der Waals surface area contributed by atoms with Crippen LogP contribution in [0.5, 0.6) is 0 Å². The van der Waals surface area contributed by atoms with Gasteiger partial charge in [-0.15, -0.1) is 0 Å². The van der Waals surface area contributed by atoms with Crippen LogP contribution in [-0.2, 0) is 35.5 Å². The lowest BCUT2D eigenvalue weighted by Crippen LogP contribution is -2.48. The predicted molar refractivity (Wildman–Crippen MR) is 149 cm³/mol. The van der Waals surface area contributed by atoms with Gasteiger partial charge in [0.15, 0.2) is 0 Å². The van der Waals surface area contributed by atoms with E-state index in [2.05, 4.69) is 31.0 Å². The zero-order chi connectivity index (χ0) is 28.7. The number of alkyl carbamates (subject to hydrolysis) is 2. The van der Waals surface area contributed by atoms with Gasteiger partial charge in [0.1, 0.15) is 24.6 Å². The standard InChI is InChI=1S/C30H32N6O5/c37-28(27(18-23-11-5-2-6-12-23)34-30(39)41-21-25-14-8-16-32-36-25)19-26(17-22-9-3-1-4-10-22)33-29(38)40-20-24-13-7-15-31-35-24/h1-16,26-28,37H,17-21H2,(H,33,38)(H,34,39)/t26-,27-,28-/m0/s1. The highest BCUT2D eigenvalue weighted by atomic mass is 16.6. The van der Waals surface area contributed by atoms with Gasteiger partial charge in [0, 0.05) is 18.4 Å². The molecule has 2 aromatic carbocycles. The van der Waals surface area contributed by atoms with Gasteiger partial charge >= 0.3 is 12.2 Å². The van der Waals surface area contributed by atoms with Crippen molar-refractivity contribution in [2.45, 2.75) is 50.7 Å². The molecule has 0 radical (unpaired) electrons. The number of carbonyl (C=O) groups excluding carboxylic acids is 2. The Balaban J connectivity index is 1.43. The van der Waals surface area contributed by atoms with Crippen LogP contribution in [0.25, 0.3) is 0 Å². The first-order valence-electron chi connectivity index (χ1n) is 13.2. The number of hydrogen-bond donors (Lipinski definition) is 3. The maximum atomic E-state index is 12.7. The van der Waals surface area contributed by atoms with E-state index in [1.165, 1.54) is 12.4 Å². The third-order valence-electron chi connectivity index (χ3n) is 6.20. The van der Waals surface area contributed by atoms with Gasteiger partial charge in [0.25, 0.3) is 0 Å². The van der Waals surface area contributed by atoms with Gasteiger partial charge in [0.05, 0.1) is 12.1 Å². The summed E-state index contributed by atoms with van der Waals surface area (Å²) in [6.07, 6.45) is 1.59. The zero-order valence-corrected chi connectivity index (χ0v) is 22.4. The fourth-order valence-electron chi connectivity index (χ4n) is 4.20. The van der Waals surface area contributed by atoms with Crippen LogP contribution in [0.3, 0.4) is 0 Å². The van der Waals surface area contributed by atoms with Crippen molar-refractivity contribution in [1.82, 2.24) is 31.0 Å². The lowest BCUT2D eigenvalue weighted by molar-refractivity contribution is 0.0855. The Labute approximate surface area is 238 Å². The van der Waals surface area contributed by atoms with E-state index in [1.807, 2.05) is 60.7 Å². The number of carbonyl (C=O) groups is 2. The Hall–Kier alpha value is -4.90. The van der Waals surface area contributed by atoms with Crippen molar-refractivity contribution in [3.63, 3.8) is 0 Å². The van der Waals surface area contributed by atoms with E-state index in [0.29, 0.717) is 24.2 Å². The summed E-state index contributed by atoms with van der Waals surface area (Å²) in [5.74, 6) is 0. The Bertz CT molecular complexity index is 1330. The maximum Gasteiger partial charge on any atom is 0.407 e. The third kappa shape index (κ3) is 10.3. The topological polar surface area (TPSA) is 148 Å². The molecule has 0 aliphatic heterocycles. The summed E-state index contributed by atoms with van der Waals surface area (Å²) in [6, 6.07) is 24.7. The molecule has 11 nitrogen and oxygen atoms in total. The van der Waals surface area contributed by atoms with Crippen molar-refractivity contribution in [2.24, 2.45) is 0 Å². The Morgan fingerprint density at radius 1 is 0.683 bits per heavy atom. The average molecular weight is 557 g/mol. The molecule has 0 aliphatic carbocycles. The molecule has 4 aromatic rings. The smallest absolute Gasteiger partial charge is 0.407 e. The van der Waals surface area contributed by atoms with Gasteiger partial charge in [-0.1, -0.05) is 60.7 Å². The summed E-state index contributed by atoms with van der Waals surface area (Å²) in [7, 11) is 0. The Morgan fingerprint density at radius 3 is 1.71 bits per heavy atom. The van der Waals surface area contributed by atoms with E-state index in [4.69, 9.17) is 9.47 Å². The van der Waals surface area contributed by atoms with Crippen molar-refractivity contribution in [3.8, 4) is 0 Å². The quantitative estimate of drug-likeness (QED) is 0.225. The lowest BCUT2D eigenvalue weighted by Gasteiger charge is -2.28. The minimum absolute atomic E-state index is 0.0455. The first-order valence-corrected chi connectivity index (χ1v) is 13.2. The molecule has 41 heavy (non-hydrogen) atoms. The second-order valence-corrected chi connectivity index (χ2v) is 9.36. The molecule has 11 heteroatoms. The SMILES string of the molecule is O=C(N[C@@H](Cc1ccccc1)C[C@H](O)[C@H](Cc1ccccc1)NC(=O)OCc1cccnn1)OCc1cccnn1. The van der Waals surface area contributed by atoms with E-state index < -0.39 is 30.4 Å². The molecular weight excluding hydrogens is 524 g/mol. The molecule has 4 rings (SSSR count). The van der Waals surface area contributed by atoms with Crippen molar-refractivity contribution >= 4 is 12.2 Å². The van der Waals surface area contributed by atoms with Crippen LogP contribution in [0.15, 0.2) is 97.3 Å². The Kier molecular flexibility index (Phi) is 11.1. The van der Waals surface area contributed by atoms with E-state index in [-0.39, 0.29) is 19.6 Å². The summed E-state index contributed by atoms with van der Waals surface area (Å²) in [6.45, 7) is -0.111. The second kappa shape index (κ2) is 15.6. The van der Waals surface area contributed by atoms with Crippen molar-refractivity contribution < 1.29 is 24.2 Å². The number of nitrogens with zero attached hydrogens (tertiary/aromatic N) is 4. The molecule has 2 heterocycles. The van der Waals surface area contributed by atoms with Crippen LogP contribution >= 0.6 is 0 Å². The van der Waals surface area contributed by atoms with Crippen molar-refractivity contribution in [2.75, 3.05) is 0 Å². The summed E-state index contributed by atoms with van der Waals surface area (Å²) in [5.41, 5.74) is 2.89. The highest BCUT2D eigenvalue weighted by molar-refractivity contribution is 5.68. The largest absolute Gasteiger partial charge is 0.443 e. The molecule has 0 fully saturated rings. The number of rotatable bonds is 13. The molecule has 0 spiro atoms. The monoisotopic (exact) mass is 556 g/mol. The number of ether oxygens (including phenoxy) is 2. The van der Waals surface area contributed by atoms with Crippen molar-refractivity contribution in [1.29, 1.82) is 0 Å². The van der Waals surface area contributed by atoms with E-state index in [0.717, 1.165) is 11.1 Å². The normalized spacial score (nSPS) is 12.9. The van der Waals surface area contributed by atoms with Crippen LogP contribution in [0, 0.1) is 0 Å². The predicted octanol–water partition coefficient (Wildman–Crippen LogP) is 3.39. The maximum absolute atomic E-state index is 12.7. The minimum Gasteiger partial charge on any atom is -0.443 e. The Morgan fingerprint density at radius 2 is 1.20 bits per heavy atom. The molecule has 0 aliphatic rings. The highest BCUT2D eigenvalue weighted by Gasteiger charge is 2.27. The lowest BCUT2D eigenvalue weighted by atomic mass is 9.94. The summed E-state index contributed by atoms with van der Waals surface area (Å²) in [4.78, 5) is 25.4. The van der Waals surface area contributed by atoms with E-state index in [9.17, 15) is 14.7 Å². The molecule has 0 saturated carbocycles. The molecule has 3 N–H and O–H groups in total. The van der Waals surface area contributed by atoms with Crippen molar-refractivity contribution in [3.05, 3.63) is 120 Å². The minimum atomic E-state index is -1.03. The number of amides is 2. The molecule has 3 atom stereocenters. The van der Waals surface area contributed by atoms with Gasteiger partial charge in [0.2, 0.25) is 0 Å². The van der Waals surface area contributed by atoms with Gasteiger partial charge in [-0.05, 0) is 54.7 Å². The van der Waals surface area contributed by atoms with Crippen LogP contribution in [0.4, 0.5) is 9.59 Å². The molecule has 0 saturated heterocycles. The van der Waals surface area contributed by atoms with Gasteiger partial charge in [-0.2, -0.15) is 20.4 Å². The van der Waals surface area contributed by atoms with Crippen LogP contribution < -0.4 is 10.6 Å². The zero-order valence-electron chi connectivity index (χ0n) is 22.4. The van der Waals surface area contributed by atoms with Crippen LogP contribution in [-0.4, -0.2) is 55.9 Å². The molecular formula is C30H32N6O5. The van der Waals surface area contributed by atoms with Gasteiger partial charge in [-0.25, -0.2) is 9.59 Å². The first-order chi connectivity index (χ1) is 20.0. The summed E-state index contributed by atoms with van der Waals surface area (Å²) < 4.78 is 10.7. The second-order valence-electron chi connectivity index (χ2n) is 9.36. The highest BCUT2D eigenvalue weighted by Crippen LogP contribution is 2.15. The molecule has 2 amide bonds. The number of aliphatic hydroxyl groups is 1. The third-order valence-corrected chi connectivity index (χ3v) is 6.20. The fourth-order valence-corrected chi connectivity index (χ4v) is 4.20. The molecule has 2 aromatic heterocycles. The number of aromatic nitrogens is 4.